The fourth-order valence-corrected chi connectivity index (χ4v) is 3.11. The van der Waals surface area contributed by atoms with Crippen LogP contribution in [0.3, 0.4) is 0 Å². The smallest absolute Gasteiger partial charge is 0.375 e. The monoisotopic (exact) mass is 419 g/mol. The van der Waals surface area contributed by atoms with Gasteiger partial charge >= 0.3 is 12.4 Å². The number of ether oxygens (including phenoxy) is 1. The Morgan fingerprint density at radius 2 is 1.55 bits per heavy atom. The SMILES string of the molecule is C[C@H]1CN(OCc2cc(C(F)(F)F)cc(C(F)(F)F)c2)[C@@H](c2ccccc2)CO1. The van der Waals surface area contributed by atoms with Crippen molar-refractivity contribution in [2.24, 2.45) is 0 Å². The van der Waals surface area contributed by atoms with Gasteiger partial charge < -0.3 is 4.74 Å². The predicted molar refractivity (Wildman–Crippen MR) is 92.5 cm³/mol. The lowest BCUT2D eigenvalue weighted by molar-refractivity contribution is -0.249. The lowest BCUT2D eigenvalue weighted by atomic mass is 10.0. The van der Waals surface area contributed by atoms with E-state index < -0.39 is 30.1 Å². The summed E-state index contributed by atoms with van der Waals surface area (Å²) in [6, 6.07) is 10.3. The molecule has 0 aliphatic carbocycles. The first kappa shape index (κ1) is 21.6. The molecule has 3 nitrogen and oxygen atoms in total. The molecule has 9 heteroatoms. The first-order valence-electron chi connectivity index (χ1n) is 8.88. The third-order valence-electron chi connectivity index (χ3n) is 4.55. The summed E-state index contributed by atoms with van der Waals surface area (Å²) < 4.78 is 83.8. The lowest BCUT2D eigenvalue weighted by Gasteiger charge is -2.37. The Morgan fingerprint density at radius 3 is 2.10 bits per heavy atom. The molecule has 3 rings (SSSR count). The molecule has 0 aromatic heterocycles. The Labute approximate surface area is 163 Å². The second-order valence-electron chi connectivity index (χ2n) is 6.86. The minimum atomic E-state index is -4.89. The van der Waals surface area contributed by atoms with Crippen molar-refractivity contribution < 1.29 is 35.9 Å². The maximum Gasteiger partial charge on any atom is 0.416 e. The van der Waals surface area contributed by atoms with Gasteiger partial charge in [0, 0.05) is 0 Å². The van der Waals surface area contributed by atoms with Crippen molar-refractivity contribution in [1.82, 2.24) is 5.06 Å². The van der Waals surface area contributed by atoms with E-state index in [0.29, 0.717) is 25.3 Å². The summed E-state index contributed by atoms with van der Waals surface area (Å²) in [5.41, 5.74) is -2.06. The van der Waals surface area contributed by atoms with Crippen LogP contribution in [-0.2, 0) is 28.5 Å². The van der Waals surface area contributed by atoms with Gasteiger partial charge in [-0.1, -0.05) is 30.3 Å². The highest BCUT2D eigenvalue weighted by Crippen LogP contribution is 2.37. The van der Waals surface area contributed by atoms with Gasteiger partial charge in [-0.3, -0.25) is 4.84 Å². The number of alkyl halides is 6. The van der Waals surface area contributed by atoms with Crippen LogP contribution in [0.5, 0.6) is 0 Å². The number of benzene rings is 2. The van der Waals surface area contributed by atoms with Crippen LogP contribution in [0, 0.1) is 0 Å². The molecule has 2 aromatic rings. The van der Waals surface area contributed by atoms with Gasteiger partial charge in [0.25, 0.3) is 0 Å². The third kappa shape index (κ3) is 5.49. The molecule has 1 saturated heterocycles. The van der Waals surface area contributed by atoms with Gasteiger partial charge in [0.05, 0.1) is 43.0 Å². The van der Waals surface area contributed by atoms with Crippen LogP contribution >= 0.6 is 0 Å². The zero-order chi connectivity index (χ0) is 21.2. The number of halogens is 6. The molecule has 1 aliphatic heterocycles. The summed E-state index contributed by atoms with van der Waals surface area (Å²) >= 11 is 0. The number of hydrogen-bond donors (Lipinski definition) is 0. The highest BCUT2D eigenvalue weighted by atomic mass is 19.4. The van der Waals surface area contributed by atoms with E-state index in [1.165, 1.54) is 0 Å². The summed E-state index contributed by atoms with van der Waals surface area (Å²) in [4.78, 5) is 5.66. The van der Waals surface area contributed by atoms with Crippen molar-refractivity contribution in [2.45, 2.75) is 38.0 Å². The normalized spacial score (nSPS) is 21.3. The van der Waals surface area contributed by atoms with Crippen molar-refractivity contribution in [3.8, 4) is 0 Å². The molecule has 0 unspecified atom stereocenters. The van der Waals surface area contributed by atoms with Gasteiger partial charge in [0.1, 0.15) is 0 Å². The lowest BCUT2D eigenvalue weighted by Crippen LogP contribution is -2.43. The minimum Gasteiger partial charge on any atom is -0.375 e. The minimum absolute atomic E-state index is 0.104. The maximum atomic E-state index is 13.0. The van der Waals surface area contributed by atoms with Crippen LogP contribution in [0.2, 0.25) is 0 Å². The zero-order valence-corrected chi connectivity index (χ0v) is 15.4. The molecule has 29 heavy (non-hydrogen) atoms. The molecule has 0 N–H and O–H groups in total. The topological polar surface area (TPSA) is 21.7 Å². The number of hydroxylamine groups is 2. The third-order valence-corrected chi connectivity index (χ3v) is 4.55. The summed E-state index contributed by atoms with van der Waals surface area (Å²) in [6.07, 6.45) is -9.98. The Hall–Kier alpha value is -2.10. The van der Waals surface area contributed by atoms with E-state index in [4.69, 9.17) is 9.57 Å². The highest BCUT2D eigenvalue weighted by Gasteiger charge is 2.37. The van der Waals surface area contributed by atoms with Crippen molar-refractivity contribution in [3.63, 3.8) is 0 Å². The summed E-state index contributed by atoms with van der Waals surface area (Å²) in [5.74, 6) is 0. The van der Waals surface area contributed by atoms with Gasteiger partial charge in [-0.05, 0) is 36.2 Å². The van der Waals surface area contributed by atoms with Crippen molar-refractivity contribution in [2.75, 3.05) is 13.2 Å². The Balaban J connectivity index is 1.83. The first-order valence-corrected chi connectivity index (χ1v) is 8.88. The van der Waals surface area contributed by atoms with Gasteiger partial charge in [0.2, 0.25) is 0 Å². The van der Waals surface area contributed by atoms with Crippen LogP contribution < -0.4 is 0 Å². The second kappa shape index (κ2) is 8.33. The molecule has 0 bridgehead atoms. The molecular formula is C20H19F6NO2. The van der Waals surface area contributed by atoms with Crippen LogP contribution in [0.4, 0.5) is 26.3 Å². The van der Waals surface area contributed by atoms with Crippen molar-refractivity contribution in [3.05, 3.63) is 70.8 Å². The average Bonchev–Trinajstić information content (AvgIpc) is 2.65. The fourth-order valence-electron chi connectivity index (χ4n) is 3.11. The van der Waals surface area contributed by atoms with E-state index in [1.54, 1.807) is 5.06 Å². The van der Waals surface area contributed by atoms with E-state index in [1.807, 2.05) is 37.3 Å². The van der Waals surface area contributed by atoms with Crippen LogP contribution in [-0.4, -0.2) is 24.3 Å². The molecule has 1 aliphatic rings. The van der Waals surface area contributed by atoms with E-state index in [-0.39, 0.29) is 23.8 Å². The number of rotatable bonds is 4. The fraction of sp³-hybridized carbons (Fsp3) is 0.400. The van der Waals surface area contributed by atoms with Gasteiger partial charge in [0.15, 0.2) is 0 Å². The highest BCUT2D eigenvalue weighted by molar-refractivity contribution is 5.33. The second-order valence-corrected chi connectivity index (χ2v) is 6.86. The largest absolute Gasteiger partial charge is 0.416 e. The summed E-state index contributed by atoms with van der Waals surface area (Å²) in [7, 11) is 0. The molecule has 1 fully saturated rings. The zero-order valence-electron chi connectivity index (χ0n) is 15.4. The number of hydrogen-bond acceptors (Lipinski definition) is 3. The number of morpholine rings is 1. The van der Waals surface area contributed by atoms with E-state index in [9.17, 15) is 26.3 Å². The standard InChI is InChI=1S/C20H19F6NO2/c1-13-10-27(18(12-28-13)15-5-3-2-4-6-15)29-11-14-7-16(19(21,22)23)9-17(8-14)20(24,25)26/h2-9,13,18H,10-12H2,1H3/t13-,18+/m0/s1. The van der Waals surface area contributed by atoms with Crippen molar-refractivity contribution >= 4 is 0 Å². The molecule has 158 valence electrons. The number of nitrogens with zero attached hydrogens (tertiary/aromatic N) is 1. The molecule has 1 heterocycles. The van der Waals surface area contributed by atoms with Crippen molar-refractivity contribution in [1.29, 1.82) is 0 Å². The first-order chi connectivity index (χ1) is 13.5. The molecule has 2 aromatic carbocycles. The van der Waals surface area contributed by atoms with Gasteiger partial charge in [-0.15, -0.1) is 0 Å². The Morgan fingerprint density at radius 1 is 0.966 bits per heavy atom. The van der Waals surface area contributed by atoms with Gasteiger partial charge in [-0.25, -0.2) is 0 Å². The van der Waals surface area contributed by atoms with Crippen LogP contribution in [0.1, 0.15) is 35.2 Å². The average molecular weight is 419 g/mol. The van der Waals surface area contributed by atoms with E-state index in [0.717, 1.165) is 5.56 Å². The molecule has 2 atom stereocenters. The van der Waals surface area contributed by atoms with Crippen LogP contribution in [0.25, 0.3) is 0 Å². The molecule has 0 saturated carbocycles. The Bertz CT molecular complexity index is 790. The quantitative estimate of drug-likeness (QED) is 0.601. The maximum absolute atomic E-state index is 13.0. The van der Waals surface area contributed by atoms with Gasteiger partial charge in [-0.2, -0.15) is 31.4 Å². The summed E-state index contributed by atoms with van der Waals surface area (Å²) in [5, 5.41) is 1.55. The molecule has 0 radical (unpaired) electrons. The predicted octanol–water partition coefficient (Wildman–Crippen LogP) is 5.62. The summed E-state index contributed by atoms with van der Waals surface area (Å²) in [6.45, 7) is 2.00. The molecule has 0 spiro atoms. The van der Waals surface area contributed by atoms with E-state index >= 15 is 0 Å². The molecule has 0 amide bonds. The molecular weight excluding hydrogens is 400 g/mol. The van der Waals surface area contributed by atoms with E-state index in [2.05, 4.69) is 0 Å². The Kier molecular flexibility index (Phi) is 6.21. The van der Waals surface area contributed by atoms with Crippen LogP contribution in [0.15, 0.2) is 48.5 Å².